The third-order valence-corrected chi connectivity index (χ3v) is 7.46. The Hall–Kier alpha value is -2.88. The fourth-order valence-corrected chi connectivity index (χ4v) is 5.14. The van der Waals surface area contributed by atoms with Crippen LogP contribution < -0.4 is 14.4 Å². The van der Waals surface area contributed by atoms with Crippen LogP contribution in [0.4, 0.5) is 5.82 Å². The molecule has 1 amide bonds. The Labute approximate surface area is 205 Å². The fourth-order valence-electron chi connectivity index (χ4n) is 5.14. The van der Waals surface area contributed by atoms with Crippen LogP contribution in [0.2, 0.25) is 0 Å². The maximum Gasteiger partial charge on any atom is 0.253 e. The van der Waals surface area contributed by atoms with Gasteiger partial charge in [-0.1, -0.05) is 19.1 Å². The molecule has 2 unspecified atom stereocenters. The van der Waals surface area contributed by atoms with Crippen LogP contribution in [-0.2, 0) is 4.79 Å². The zero-order chi connectivity index (χ0) is 25.2. The summed E-state index contributed by atoms with van der Waals surface area (Å²) in [6.07, 6.45) is 0.423. The fraction of sp³-hybridized carbons (Fsp3) is 0.538. The topological polar surface area (TPSA) is 116 Å². The van der Waals surface area contributed by atoms with E-state index in [2.05, 4.69) is 9.88 Å². The molecule has 3 N–H and O–H groups in total. The number of nitrogens with zero attached hydrogens (tertiary/aromatic N) is 3. The third-order valence-electron chi connectivity index (χ3n) is 7.46. The number of benzene rings is 1. The minimum atomic E-state index is -1.47. The van der Waals surface area contributed by atoms with E-state index in [1.807, 2.05) is 43.3 Å². The normalized spacial score (nSPS) is 26.0. The molecule has 190 valence electrons. The molecule has 2 aliphatic heterocycles. The second kappa shape index (κ2) is 10.4. The SMILES string of the molecule is COc1ccc([C@@H]2CN(C(=O)C(O)CO)C[C@@]2(C)C(C)O)cc1O[C@H]1CCN(c2ccccn2)C1. The molecule has 2 fully saturated rings. The first-order valence-corrected chi connectivity index (χ1v) is 12.0. The molecule has 2 aromatic rings. The molecule has 5 atom stereocenters. The van der Waals surface area contributed by atoms with Crippen LogP contribution >= 0.6 is 0 Å². The van der Waals surface area contributed by atoms with Crippen molar-refractivity contribution in [2.75, 3.05) is 44.8 Å². The number of methoxy groups -OCH3 is 1. The highest BCUT2D eigenvalue weighted by molar-refractivity contribution is 5.81. The number of ether oxygens (including phenoxy) is 2. The van der Waals surface area contributed by atoms with Gasteiger partial charge in [-0.3, -0.25) is 4.79 Å². The van der Waals surface area contributed by atoms with Gasteiger partial charge in [0.2, 0.25) is 0 Å². The zero-order valence-corrected chi connectivity index (χ0v) is 20.5. The van der Waals surface area contributed by atoms with Gasteiger partial charge in [0.05, 0.1) is 26.4 Å². The van der Waals surface area contributed by atoms with Crippen molar-refractivity contribution in [3.05, 3.63) is 48.2 Å². The van der Waals surface area contributed by atoms with Gasteiger partial charge in [-0.15, -0.1) is 0 Å². The summed E-state index contributed by atoms with van der Waals surface area (Å²) < 4.78 is 12.0. The van der Waals surface area contributed by atoms with Crippen molar-refractivity contribution in [3.63, 3.8) is 0 Å². The molecule has 35 heavy (non-hydrogen) atoms. The van der Waals surface area contributed by atoms with E-state index < -0.39 is 30.1 Å². The molecule has 9 heteroatoms. The van der Waals surface area contributed by atoms with Crippen LogP contribution in [-0.4, -0.2) is 89.3 Å². The van der Waals surface area contributed by atoms with Gasteiger partial charge in [-0.25, -0.2) is 4.98 Å². The van der Waals surface area contributed by atoms with Crippen molar-refractivity contribution in [1.82, 2.24) is 9.88 Å². The summed E-state index contributed by atoms with van der Waals surface area (Å²) in [5, 5.41) is 29.8. The van der Waals surface area contributed by atoms with E-state index in [1.54, 1.807) is 20.2 Å². The summed E-state index contributed by atoms with van der Waals surface area (Å²) in [7, 11) is 1.60. The summed E-state index contributed by atoms with van der Waals surface area (Å²) in [5.41, 5.74) is 0.275. The third kappa shape index (κ3) is 5.07. The van der Waals surface area contributed by atoms with Crippen LogP contribution in [0.25, 0.3) is 0 Å². The summed E-state index contributed by atoms with van der Waals surface area (Å²) >= 11 is 0. The monoisotopic (exact) mass is 485 g/mol. The lowest BCUT2D eigenvalue weighted by Gasteiger charge is -2.34. The summed E-state index contributed by atoms with van der Waals surface area (Å²) in [5.74, 6) is 1.43. The molecule has 2 aliphatic rings. The van der Waals surface area contributed by atoms with Gasteiger partial charge in [0.15, 0.2) is 17.6 Å². The van der Waals surface area contributed by atoms with Gasteiger partial charge in [0, 0.05) is 43.6 Å². The first-order chi connectivity index (χ1) is 16.8. The van der Waals surface area contributed by atoms with E-state index in [9.17, 15) is 20.1 Å². The predicted octanol–water partition coefficient (Wildman–Crippen LogP) is 1.41. The Kier molecular flexibility index (Phi) is 7.49. The van der Waals surface area contributed by atoms with E-state index in [0.29, 0.717) is 24.6 Å². The van der Waals surface area contributed by atoms with Crippen molar-refractivity contribution < 1.29 is 29.6 Å². The summed E-state index contributed by atoms with van der Waals surface area (Å²) in [4.78, 5) is 20.7. The lowest BCUT2D eigenvalue weighted by molar-refractivity contribution is -0.141. The number of anilines is 1. The molecule has 1 aromatic carbocycles. The maximum absolute atomic E-state index is 12.6. The van der Waals surface area contributed by atoms with E-state index in [4.69, 9.17) is 9.47 Å². The highest BCUT2D eigenvalue weighted by atomic mass is 16.5. The van der Waals surface area contributed by atoms with Gasteiger partial charge in [0.25, 0.3) is 5.91 Å². The maximum atomic E-state index is 12.6. The highest BCUT2D eigenvalue weighted by Crippen LogP contribution is 2.47. The van der Waals surface area contributed by atoms with Crippen LogP contribution in [0.15, 0.2) is 42.6 Å². The number of hydrogen-bond donors (Lipinski definition) is 3. The van der Waals surface area contributed by atoms with Crippen LogP contribution in [0, 0.1) is 5.41 Å². The highest BCUT2D eigenvalue weighted by Gasteiger charge is 2.49. The number of aromatic nitrogens is 1. The Morgan fingerprint density at radius 1 is 1.23 bits per heavy atom. The standard InChI is InChI=1S/C26H35N3O6/c1-17(31)26(2)16-29(25(33)21(32)15-30)14-20(26)18-7-8-22(34-3)23(12-18)35-19-9-11-28(13-19)24-6-4-5-10-27-24/h4-8,10,12,17,19-21,30-32H,9,11,13-16H2,1-3H3/t17?,19-,20-,21?,26-/m0/s1. The quantitative estimate of drug-likeness (QED) is 0.514. The van der Waals surface area contributed by atoms with E-state index in [0.717, 1.165) is 24.3 Å². The van der Waals surface area contributed by atoms with Crippen LogP contribution in [0.5, 0.6) is 11.5 Å². The van der Waals surface area contributed by atoms with Gasteiger partial charge in [0.1, 0.15) is 11.9 Å². The zero-order valence-electron chi connectivity index (χ0n) is 20.5. The van der Waals surface area contributed by atoms with E-state index in [1.165, 1.54) is 4.90 Å². The first-order valence-electron chi connectivity index (χ1n) is 12.0. The van der Waals surface area contributed by atoms with Gasteiger partial charge >= 0.3 is 0 Å². The van der Waals surface area contributed by atoms with Gasteiger partial charge < -0.3 is 34.6 Å². The molecule has 0 bridgehead atoms. The van der Waals surface area contributed by atoms with Crippen molar-refractivity contribution in [2.24, 2.45) is 5.41 Å². The second-order valence-electron chi connectivity index (χ2n) is 9.72. The van der Waals surface area contributed by atoms with E-state index in [-0.39, 0.29) is 18.6 Å². The number of hydrogen-bond acceptors (Lipinski definition) is 8. The number of aliphatic hydroxyl groups is 3. The first kappa shape index (κ1) is 25.2. The lowest BCUT2D eigenvalue weighted by Crippen LogP contribution is -2.42. The number of pyridine rings is 1. The average molecular weight is 486 g/mol. The van der Waals surface area contributed by atoms with E-state index >= 15 is 0 Å². The number of carbonyl (C=O) groups excluding carboxylic acids is 1. The van der Waals surface area contributed by atoms with Crippen LogP contribution in [0.3, 0.4) is 0 Å². The molecular weight excluding hydrogens is 450 g/mol. The number of amides is 1. The Morgan fingerprint density at radius 3 is 2.69 bits per heavy atom. The smallest absolute Gasteiger partial charge is 0.253 e. The molecule has 0 radical (unpaired) electrons. The molecule has 4 rings (SSSR count). The number of likely N-dealkylation sites (tertiary alicyclic amines) is 1. The van der Waals surface area contributed by atoms with Crippen molar-refractivity contribution in [2.45, 2.75) is 44.5 Å². The van der Waals surface area contributed by atoms with Crippen molar-refractivity contribution in [3.8, 4) is 11.5 Å². The van der Waals surface area contributed by atoms with Crippen molar-refractivity contribution in [1.29, 1.82) is 0 Å². The minimum absolute atomic E-state index is 0.0364. The molecule has 0 saturated carbocycles. The average Bonchev–Trinajstić information content (AvgIpc) is 3.49. The summed E-state index contributed by atoms with van der Waals surface area (Å²) in [6.45, 7) is 5.16. The molecule has 2 saturated heterocycles. The van der Waals surface area contributed by atoms with Gasteiger partial charge in [-0.2, -0.15) is 0 Å². The number of carbonyl (C=O) groups is 1. The minimum Gasteiger partial charge on any atom is -0.493 e. The number of rotatable bonds is 8. The number of aliphatic hydroxyl groups excluding tert-OH is 3. The molecule has 1 aromatic heterocycles. The van der Waals surface area contributed by atoms with Crippen molar-refractivity contribution >= 4 is 11.7 Å². The Balaban J connectivity index is 1.56. The lowest BCUT2D eigenvalue weighted by atomic mass is 9.72. The predicted molar refractivity (Wildman–Crippen MR) is 131 cm³/mol. The second-order valence-corrected chi connectivity index (χ2v) is 9.72. The molecule has 9 nitrogen and oxygen atoms in total. The summed E-state index contributed by atoms with van der Waals surface area (Å²) in [6, 6.07) is 11.6. The molecule has 3 heterocycles. The van der Waals surface area contributed by atoms with Gasteiger partial charge in [-0.05, 0) is 36.8 Å². The Morgan fingerprint density at radius 2 is 2.03 bits per heavy atom. The largest absolute Gasteiger partial charge is 0.493 e. The molecule has 0 spiro atoms. The molecule has 0 aliphatic carbocycles. The molecular formula is C26H35N3O6. The Bertz CT molecular complexity index is 1020. The van der Waals surface area contributed by atoms with Crippen LogP contribution in [0.1, 0.15) is 31.7 Å².